The Morgan fingerprint density at radius 1 is 1.56 bits per heavy atom. The molecule has 3 N–H and O–H groups in total. The van der Waals surface area contributed by atoms with E-state index in [0.29, 0.717) is 17.3 Å². The fourth-order valence-corrected chi connectivity index (χ4v) is 2.64. The Hall–Kier alpha value is -1.55. The van der Waals surface area contributed by atoms with Gasteiger partial charge >= 0.3 is 0 Å². The van der Waals surface area contributed by atoms with E-state index in [0.717, 1.165) is 31.4 Å². The molecule has 1 heterocycles. The van der Waals surface area contributed by atoms with Crippen molar-refractivity contribution in [3.63, 3.8) is 0 Å². The molecule has 0 bridgehead atoms. The Bertz CT molecular complexity index is 445. The predicted molar refractivity (Wildman–Crippen MR) is 73.3 cm³/mol. The molecule has 4 nitrogen and oxygen atoms in total. The summed E-state index contributed by atoms with van der Waals surface area (Å²) in [5.41, 5.74) is 5.07. The summed E-state index contributed by atoms with van der Waals surface area (Å²) in [5, 5.41) is 0. The highest BCUT2D eigenvalue weighted by Gasteiger charge is 2.29. The van der Waals surface area contributed by atoms with Crippen LogP contribution in [0, 0.1) is 6.92 Å². The molecular formula is C14H21N3O. The van der Waals surface area contributed by atoms with Crippen molar-refractivity contribution in [2.45, 2.75) is 39.2 Å². The number of hydrogen-bond acceptors (Lipinski definition) is 3. The van der Waals surface area contributed by atoms with Gasteiger partial charge in [-0.25, -0.2) is 0 Å². The van der Waals surface area contributed by atoms with Gasteiger partial charge < -0.3 is 10.3 Å². The normalized spacial score (nSPS) is 19.1. The van der Waals surface area contributed by atoms with Crippen molar-refractivity contribution in [3.05, 3.63) is 29.3 Å². The number of nitrogen functional groups attached to an aromatic ring is 1. The van der Waals surface area contributed by atoms with Crippen LogP contribution in [0.1, 0.15) is 42.1 Å². The van der Waals surface area contributed by atoms with Gasteiger partial charge in [0, 0.05) is 12.6 Å². The zero-order valence-corrected chi connectivity index (χ0v) is 11.1. The van der Waals surface area contributed by atoms with Crippen molar-refractivity contribution in [3.8, 4) is 0 Å². The molecule has 1 unspecified atom stereocenters. The number of aryl methyl sites for hydroxylation is 1. The van der Waals surface area contributed by atoms with E-state index in [1.54, 1.807) is 0 Å². The van der Waals surface area contributed by atoms with E-state index in [2.05, 4.69) is 12.3 Å². The molecule has 1 fully saturated rings. The molecule has 1 aromatic carbocycles. The van der Waals surface area contributed by atoms with Gasteiger partial charge in [0.25, 0.3) is 5.91 Å². The quantitative estimate of drug-likeness (QED) is 0.636. The summed E-state index contributed by atoms with van der Waals surface area (Å²) >= 11 is 0. The van der Waals surface area contributed by atoms with Crippen molar-refractivity contribution < 1.29 is 4.79 Å². The number of nitrogens with zero attached hydrogens (tertiary/aromatic N) is 1. The van der Waals surface area contributed by atoms with Gasteiger partial charge in [-0.15, -0.1) is 0 Å². The van der Waals surface area contributed by atoms with E-state index in [9.17, 15) is 4.79 Å². The van der Waals surface area contributed by atoms with Gasteiger partial charge in [-0.1, -0.05) is 18.6 Å². The maximum Gasteiger partial charge on any atom is 0.256 e. The second-order valence-corrected chi connectivity index (χ2v) is 4.90. The van der Waals surface area contributed by atoms with E-state index >= 15 is 0 Å². The molecule has 0 spiro atoms. The number of benzene rings is 1. The van der Waals surface area contributed by atoms with Gasteiger partial charge in [-0.2, -0.15) is 0 Å². The van der Waals surface area contributed by atoms with Crippen LogP contribution in [0.15, 0.2) is 18.2 Å². The first-order chi connectivity index (χ1) is 8.67. The van der Waals surface area contributed by atoms with Gasteiger partial charge in [-0.05, 0) is 38.3 Å². The van der Waals surface area contributed by atoms with Crippen LogP contribution in [-0.4, -0.2) is 23.4 Å². The molecule has 1 saturated heterocycles. The molecule has 1 aliphatic rings. The number of nitrogens with two attached hydrogens (primary N) is 1. The SMILES string of the molecule is CCC1CCCN1C(=O)c1cc(C)ccc1NN. The fourth-order valence-electron chi connectivity index (χ4n) is 2.64. The molecule has 4 heteroatoms. The summed E-state index contributed by atoms with van der Waals surface area (Å²) in [6.07, 6.45) is 3.23. The summed E-state index contributed by atoms with van der Waals surface area (Å²) in [5.74, 6) is 5.58. The van der Waals surface area contributed by atoms with Crippen molar-refractivity contribution in [2.24, 2.45) is 5.84 Å². The number of carbonyl (C=O) groups excluding carboxylic acids is 1. The molecule has 1 amide bonds. The minimum atomic E-state index is 0.0935. The van der Waals surface area contributed by atoms with Crippen LogP contribution in [-0.2, 0) is 0 Å². The minimum absolute atomic E-state index is 0.0935. The Kier molecular flexibility index (Phi) is 3.87. The molecule has 0 aromatic heterocycles. The van der Waals surface area contributed by atoms with Crippen LogP contribution >= 0.6 is 0 Å². The third-order valence-electron chi connectivity index (χ3n) is 3.67. The van der Waals surface area contributed by atoms with Crippen LogP contribution < -0.4 is 11.3 Å². The lowest BCUT2D eigenvalue weighted by molar-refractivity contribution is 0.0734. The van der Waals surface area contributed by atoms with Gasteiger partial charge in [0.05, 0.1) is 11.3 Å². The van der Waals surface area contributed by atoms with E-state index in [1.807, 2.05) is 30.0 Å². The molecular weight excluding hydrogens is 226 g/mol. The highest BCUT2D eigenvalue weighted by molar-refractivity contribution is 6.00. The fraction of sp³-hybridized carbons (Fsp3) is 0.500. The monoisotopic (exact) mass is 247 g/mol. The summed E-state index contributed by atoms with van der Waals surface area (Å²) in [6, 6.07) is 6.10. The Morgan fingerprint density at radius 3 is 3.00 bits per heavy atom. The predicted octanol–water partition coefficient (Wildman–Crippen LogP) is 2.30. The number of anilines is 1. The van der Waals surface area contributed by atoms with E-state index in [-0.39, 0.29) is 5.91 Å². The average Bonchev–Trinajstić information content (AvgIpc) is 2.86. The van der Waals surface area contributed by atoms with Crippen LogP contribution in [0.2, 0.25) is 0 Å². The number of hydrazine groups is 1. The molecule has 1 aromatic rings. The minimum Gasteiger partial charge on any atom is -0.336 e. The number of hydrogen-bond donors (Lipinski definition) is 2. The third-order valence-corrected chi connectivity index (χ3v) is 3.67. The molecule has 0 saturated carbocycles. The van der Waals surface area contributed by atoms with Crippen LogP contribution in [0.3, 0.4) is 0 Å². The third kappa shape index (κ3) is 2.34. The first-order valence-electron chi connectivity index (χ1n) is 6.55. The van der Waals surface area contributed by atoms with Crippen LogP contribution in [0.5, 0.6) is 0 Å². The number of rotatable bonds is 3. The van der Waals surface area contributed by atoms with Crippen molar-refractivity contribution in [1.29, 1.82) is 0 Å². The molecule has 1 aliphatic heterocycles. The molecule has 0 radical (unpaired) electrons. The number of amides is 1. The molecule has 2 rings (SSSR count). The van der Waals surface area contributed by atoms with Gasteiger partial charge in [-0.3, -0.25) is 10.6 Å². The number of carbonyl (C=O) groups is 1. The summed E-state index contributed by atoms with van der Waals surface area (Å²) in [4.78, 5) is 14.6. The summed E-state index contributed by atoms with van der Waals surface area (Å²) in [6.45, 7) is 4.97. The van der Waals surface area contributed by atoms with Crippen molar-refractivity contribution >= 4 is 11.6 Å². The van der Waals surface area contributed by atoms with Crippen LogP contribution in [0.25, 0.3) is 0 Å². The molecule has 1 atom stereocenters. The van der Waals surface area contributed by atoms with E-state index < -0.39 is 0 Å². The maximum absolute atomic E-state index is 12.6. The Morgan fingerprint density at radius 2 is 2.33 bits per heavy atom. The zero-order valence-electron chi connectivity index (χ0n) is 11.1. The topological polar surface area (TPSA) is 58.4 Å². The Balaban J connectivity index is 2.30. The van der Waals surface area contributed by atoms with Gasteiger partial charge in [0.1, 0.15) is 0 Å². The molecule has 98 valence electrons. The smallest absolute Gasteiger partial charge is 0.256 e. The lowest BCUT2D eigenvalue weighted by atomic mass is 10.1. The highest BCUT2D eigenvalue weighted by atomic mass is 16.2. The average molecular weight is 247 g/mol. The van der Waals surface area contributed by atoms with E-state index in [1.165, 1.54) is 0 Å². The van der Waals surface area contributed by atoms with Crippen molar-refractivity contribution in [1.82, 2.24) is 4.90 Å². The lowest BCUT2D eigenvalue weighted by Gasteiger charge is -2.24. The zero-order chi connectivity index (χ0) is 13.1. The molecule has 18 heavy (non-hydrogen) atoms. The largest absolute Gasteiger partial charge is 0.336 e. The first-order valence-corrected chi connectivity index (χ1v) is 6.55. The number of nitrogens with one attached hydrogen (secondary N) is 1. The van der Waals surface area contributed by atoms with Gasteiger partial charge in [0.15, 0.2) is 0 Å². The van der Waals surface area contributed by atoms with Crippen molar-refractivity contribution in [2.75, 3.05) is 12.0 Å². The maximum atomic E-state index is 12.6. The lowest BCUT2D eigenvalue weighted by Crippen LogP contribution is -2.35. The highest BCUT2D eigenvalue weighted by Crippen LogP contribution is 2.25. The second kappa shape index (κ2) is 5.40. The standard InChI is InChI=1S/C14H21N3O/c1-3-11-5-4-8-17(11)14(18)12-9-10(2)6-7-13(12)16-15/h6-7,9,11,16H,3-5,8,15H2,1-2H3. The van der Waals surface area contributed by atoms with Crippen LogP contribution in [0.4, 0.5) is 5.69 Å². The van der Waals surface area contributed by atoms with E-state index in [4.69, 9.17) is 5.84 Å². The Labute approximate surface area is 108 Å². The number of likely N-dealkylation sites (tertiary alicyclic amines) is 1. The summed E-state index contributed by atoms with van der Waals surface area (Å²) < 4.78 is 0. The molecule has 0 aliphatic carbocycles. The summed E-state index contributed by atoms with van der Waals surface area (Å²) in [7, 11) is 0. The van der Waals surface area contributed by atoms with Gasteiger partial charge in [0.2, 0.25) is 0 Å². The second-order valence-electron chi connectivity index (χ2n) is 4.90. The first kappa shape index (κ1) is 12.9.